The molecule has 2 rings (SSSR count). The topological polar surface area (TPSA) is 29.4 Å². The highest BCUT2D eigenvalue weighted by molar-refractivity contribution is 7.87. The van der Waals surface area contributed by atoms with Crippen LogP contribution in [0.5, 0.6) is 0 Å². The Kier molecular flexibility index (Phi) is 3.77. The summed E-state index contributed by atoms with van der Waals surface area (Å²) in [5, 5.41) is 0. The molecule has 92 valence electrons. The zero-order chi connectivity index (χ0) is 12.3. The van der Waals surface area contributed by atoms with Crippen molar-refractivity contribution in [1.29, 1.82) is 0 Å². The number of rotatable bonds is 1. The maximum absolute atomic E-state index is 11.9. The molecule has 1 saturated heterocycles. The second kappa shape index (κ2) is 5.13. The number of nitrogens with zero attached hydrogens (tertiary/aromatic N) is 1. The molecule has 1 aliphatic heterocycles. The van der Waals surface area contributed by atoms with Crippen LogP contribution in [0.1, 0.15) is 37.0 Å². The van der Waals surface area contributed by atoms with Crippen molar-refractivity contribution in [2.24, 2.45) is 9.78 Å². The van der Waals surface area contributed by atoms with Gasteiger partial charge in [0.15, 0.2) is 0 Å². The van der Waals surface area contributed by atoms with E-state index in [2.05, 4.69) is 18.2 Å². The van der Waals surface area contributed by atoms with E-state index >= 15 is 0 Å². The summed E-state index contributed by atoms with van der Waals surface area (Å²) in [4.78, 5) is 11.9. The Balaban J connectivity index is 2.04. The van der Waals surface area contributed by atoms with Crippen LogP contribution >= 0.6 is 0 Å². The van der Waals surface area contributed by atoms with Crippen molar-refractivity contribution < 1.29 is 4.79 Å². The Bertz CT molecular complexity index is 425. The lowest BCUT2D eigenvalue weighted by Crippen LogP contribution is -2.25. The maximum atomic E-state index is 11.9. The van der Waals surface area contributed by atoms with Crippen molar-refractivity contribution in [2.45, 2.75) is 26.7 Å². The van der Waals surface area contributed by atoms with E-state index < -0.39 is 0 Å². The van der Waals surface area contributed by atoms with Crippen molar-refractivity contribution in [3.8, 4) is 0 Å². The molecule has 1 amide bonds. The highest BCUT2D eigenvalue weighted by atomic mass is 32.2. The summed E-state index contributed by atoms with van der Waals surface area (Å²) in [6.07, 6.45) is 2.36. The van der Waals surface area contributed by atoms with Crippen molar-refractivity contribution >= 4 is 16.6 Å². The summed E-state index contributed by atoms with van der Waals surface area (Å²) in [6.45, 7) is 4.60. The van der Waals surface area contributed by atoms with Crippen molar-refractivity contribution in [1.82, 2.24) is 0 Å². The van der Waals surface area contributed by atoms with Crippen molar-refractivity contribution in [3.05, 3.63) is 35.9 Å². The Morgan fingerprint density at radius 3 is 2.35 bits per heavy atom. The first kappa shape index (κ1) is 12.5. The van der Waals surface area contributed by atoms with Gasteiger partial charge in [-0.2, -0.15) is 4.36 Å². The third-order valence-corrected chi connectivity index (χ3v) is 5.04. The van der Waals surface area contributed by atoms with Crippen LogP contribution in [-0.2, 0) is 10.7 Å². The molecule has 1 aliphatic rings. The third kappa shape index (κ3) is 3.50. The molecule has 1 aromatic rings. The maximum Gasteiger partial charge on any atom is 0.282 e. The summed E-state index contributed by atoms with van der Waals surface area (Å²) in [5.74, 6) is 2.10. The first-order valence-corrected chi connectivity index (χ1v) is 7.58. The Morgan fingerprint density at radius 2 is 1.76 bits per heavy atom. The fourth-order valence-corrected chi connectivity index (χ4v) is 4.16. The fraction of sp³-hybridized carbons (Fsp3) is 0.500. The molecule has 1 aromatic carbocycles. The van der Waals surface area contributed by atoms with Crippen LogP contribution in [-0.4, -0.2) is 17.4 Å². The molecule has 17 heavy (non-hydrogen) atoms. The number of carbonyl (C=O) groups is 1. The van der Waals surface area contributed by atoms with Crippen LogP contribution in [0.2, 0.25) is 0 Å². The van der Waals surface area contributed by atoms with Crippen LogP contribution in [0.15, 0.2) is 34.7 Å². The number of amides is 1. The molecule has 2 nitrogen and oxygen atoms in total. The molecule has 1 heterocycles. The van der Waals surface area contributed by atoms with E-state index in [-0.39, 0.29) is 16.6 Å². The van der Waals surface area contributed by atoms with Gasteiger partial charge in [-0.25, -0.2) is 0 Å². The molecule has 0 aliphatic carbocycles. The molecule has 0 unspecified atom stereocenters. The predicted octanol–water partition coefficient (Wildman–Crippen LogP) is 3.45. The number of hydrogen-bond acceptors (Lipinski definition) is 1. The SMILES string of the molecule is CC1(C)CCS(=NC(=O)c2ccccc2)CC1. The van der Waals surface area contributed by atoms with Gasteiger partial charge in [0.05, 0.1) is 0 Å². The molecule has 0 saturated carbocycles. The molecule has 1 fully saturated rings. The molecule has 0 spiro atoms. The van der Waals surface area contributed by atoms with Gasteiger partial charge in [0.1, 0.15) is 0 Å². The van der Waals surface area contributed by atoms with Gasteiger partial charge in [-0.05, 0) is 30.4 Å². The molecule has 0 radical (unpaired) electrons. The molecule has 3 heteroatoms. The lowest BCUT2D eigenvalue weighted by Gasteiger charge is -2.30. The van der Waals surface area contributed by atoms with E-state index in [1.54, 1.807) is 0 Å². The lowest BCUT2D eigenvalue weighted by atomic mass is 9.87. The van der Waals surface area contributed by atoms with E-state index in [4.69, 9.17) is 0 Å². The van der Waals surface area contributed by atoms with E-state index in [1.165, 1.54) is 12.8 Å². The molecule has 0 atom stereocenters. The van der Waals surface area contributed by atoms with E-state index in [0.29, 0.717) is 11.0 Å². The van der Waals surface area contributed by atoms with Gasteiger partial charge in [0, 0.05) is 17.1 Å². The van der Waals surface area contributed by atoms with E-state index in [1.807, 2.05) is 30.3 Å². The van der Waals surface area contributed by atoms with Crippen LogP contribution in [0.25, 0.3) is 0 Å². The average molecular weight is 249 g/mol. The summed E-state index contributed by atoms with van der Waals surface area (Å²) in [6, 6.07) is 9.36. The zero-order valence-electron chi connectivity index (χ0n) is 10.5. The highest BCUT2D eigenvalue weighted by Crippen LogP contribution is 2.30. The molecule has 0 N–H and O–H groups in total. The summed E-state index contributed by atoms with van der Waals surface area (Å²) >= 11 is 0. The Labute approximate surface area is 106 Å². The largest absolute Gasteiger partial charge is 0.282 e. The second-order valence-electron chi connectivity index (χ2n) is 5.30. The Morgan fingerprint density at radius 1 is 1.18 bits per heavy atom. The number of carbonyl (C=O) groups excluding carboxylic acids is 1. The van der Waals surface area contributed by atoms with Gasteiger partial charge in [0.2, 0.25) is 0 Å². The molecular weight excluding hydrogens is 230 g/mol. The van der Waals surface area contributed by atoms with Gasteiger partial charge in [-0.1, -0.05) is 42.7 Å². The molecule has 0 bridgehead atoms. The second-order valence-corrected chi connectivity index (χ2v) is 7.22. The van der Waals surface area contributed by atoms with Crippen molar-refractivity contribution in [3.63, 3.8) is 0 Å². The third-order valence-electron chi connectivity index (χ3n) is 3.26. The number of benzene rings is 1. The van der Waals surface area contributed by atoms with Gasteiger partial charge in [-0.3, -0.25) is 4.79 Å². The quantitative estimate of drug-likeness (QED) is 0.749. The molecular formula is C14H19NOS. The highest BCUT2D eigenvalue weighted by Gasteiger charge is 2.23. The minimum absolute atomic E-state index is 0.0464. The minimum Gasteiger partial charge on any atom is -0.266 e. The summed E-state index contributed by atoms with van der Waals surface area (Å²) in [5.41, 5.74) is 1.15. The summed E-state index contributed by atoms with van der Waals surface area (Å²) in [7, 11) is -0.0464. The van der Waals surface area contributed by atoms with Crippen LogP contribution in [0.3, 0.4) is 0 Å². The zero-order valence-corrected chi connectivity index (χ0v) is 11.3. The van der Waals surface area contributed by atoms with Crippen LogP contribution in [0.4, 0.5) is 0 Å². The normalized spacial score (nSPS) is 19.9. The predicted molar refractivity (Wildman–Crippen MR) is 73.3 cm³/mol. The van der Waals surface area contributed by atoms with Gasteiger partial charge in [-0.15, -0.1) is 0 Å². The van der Waals surface area contributed by atoms with Crippen LogP contribution < -0.4 is 0 Å². The number of hydrogen-bond donors (Lipinski definition) is 0. The first-order chi connectivity index (χ1) is 8.07. The van der Waals surface area contributed by atoms with Gasteiger partial charge < -0.3 is 0 Å². The minimum atomic E-state index is -0.0476. The van der Waals surface area contributed by atoms with Gasteiger partial charge in [0.25, 0.3) is 5.91 Å². The van der Waals surface area contributed by atoms with E-state index in [9.17, 15) is 4.79 Å². The fourth-order valence-electron chi connectivity index (χ4n) is 1.86. The standard InChI is InChI=1S/C14H19NOS/c1-14(2)8-10-17(11-9-14)15-13(16)12-6-4-3-5-7-12/h3-7H,8-11H2,1-2H3. The van der Waals surface area contributed by atoms with Crippen molar-refractivity contribution in [2.75, 3.05) is 11.5 Å². The first-order valence-electron chi connectivity index (χ1n) is 6.06. The smallest absolute Gasteiger partial charge is 0.266 e. The lowest BCUT2D eigenvalue weighted by molar-refractivity contribution is 0.100. The van der Waals surface area contributed by atoms with Crippen LogP contribution in [0, 0.1) is 5.41 Å². The molecule has 0 aromatic heterocycles. The summed E-state index contributed by atoms with van der Waals surface area (Å²) < 4.78 is 4.36. The monoisotopic (exact) mass is 249 g/mol. The average Bonchev–Trinajstić information content (AvgIpc) is 2.33. The van der Waals surface area contributed by atoms with E-state index in [0.717, 1.165) is 11.5 Å². The van der Waals surface area contributed by atoms with Gasteiger partial charge >= 0.3 is 0 Å². The Hall–Kier alpha value is -0.960.